The monoisotopic (exact) mass is 296 g/mol. The van der Waals surface area contributed by atoms with Crippen molar-refractivity contribution in [3.8, 4) is 0 Å². The zero-order valence-electron chi connectivity index (χ0n) is 13.8. The molecular formula is C18H24N4. The lowest BCUT2D eigenvalue weighted by Gasteiger charge is -2.16. The predicted molar refractivity (Wildman–Crippen MR) is 90.0 cm³/mol. The molecule has 0 amide bonds. The number of imidazole rings is 1. The van der Waals surface area contributed by atoms with Crippen LogP contribution >= 0.6 is 0 Å². The molecule has 1 aromatic carbocycles. The number of rotatable bonds is 5. The van der Waals surface area contributed by atoms with Gasteiger partial charge in [0.05, 0.1) is 11.0 Å². The summed E-state index contributed by atoms with van der Waals surface area (Å²) >= 11 is 0. The lowest BCUT2D eigenvalue weighted by atomic mass is 9.95. The first-order valence-electron chi connectivity index (χ1n) is 7.97. The molecule has 0 bridgehead atoms. The van der Waals surface area contributed by atoms with Crippen molar-refractivity contribution in [1.29, 1.82) is 0 Å². The molecule has 0 fully saturated rings. The van der Waals surface area contributed by atoms with Crippen molar-refractivity contribution in [3.05, 3.63) is 48.0 Å². The molecule has 2 atom stereocenters. The molecule has 2 heterocycles. The van der Waals surface area contributed by atoms with Gasteiger partial charge in [-0.15, -0.1) is 0 Å². The molecular weight excluding hydrogens is 272 g/mol. The Labute approximate surface area is 131 Å². The van der Waals surface area contributed by atoms with E-state index in [1.807, 2.05) is 24.0 Å². The van der Waals surface area contributed by atoms with Gasteiger partial charge in [0, 0.05) is 31.9 Å². The van der Waals surface area contributed by atoms with Crippen LogP contribution in [0.5, 0.6) is 0 Å². The van der Waals surface area contributed by atoms with Gasteiger partial charge < -0.3 is 4.57 Å². The third kappa shape index (κ3) is 2.65. The number of aryl methyl sites for hydroxylation is 2. The summed E-state index contributed by atoms with van der Waals surface area (Å²) in [6.07, 6.45) is 4.15. The summed E-state index contributed by atoms with van der Waals surface area (Å²) in [4.78, 5) is 4.82. The maximum atomic E-state index is 4.82. The van der Waals surface area contributed by atoms with Crippen molar-refractivity contribution in [1.82, 2.24) is 19.3 Å². The molecule has 3 rings (SSSR count). The van der Waals surface area contributed by atoms with Crippen LogP contribution in [0.4, 0.5) is 0 Å². The molecule has 116 valence electrons. The highest BCUT2D eigenvalue weighted by atomic mass is 15.3. The fraction of sp³-hybridized carbons (Fsp3) is 0.444. The minimum atomic E-state index is 0.452. The second-order valence-electron chi connectivity index (χ2n) is 6.28. The summed E-state index contributed by atoms with van der Waals surface area (Å²) in [7, 11) is 4.13. The molecule has 0 aliphatic carbocycles. The van der Waals surface area contributed by atoms with E-state index >= 15 is 0 Å². The SMILES string of the molecule is CC(CC[C@H](C)c1nc2ccccc2n1C)c1ccnn1C. The highest BCUT2D eigenvalue weighted by Gasteiger charge is 2.17. The largest absolute Gasteiger partial charge is 0.331 e. The van der Waals surface area contributed by atoms with E-state index in [0.717, 1.165) is 18.4 Å². The average molecular weight is 296 g/mol. The molecule has 2 aromatic heterocycles. The fourth-order valence-corrected chi connectivity index (χ4v) is 3.25. The second-order valence-corrected chi connectivity index (χ2v) is 6.28. The molecule has 0 aliphatic rings. The summed E-state index contributed by atoms with van der Waals surface area (Å²) in [6, 6.07) is 10.5. The van der Waals surface area contributed by atoms with Gasteiger partial charge in [-0.1, -0.05) is 26.0 Å². The maximum Gasteiger partial charge on any atom is 0.112 e. The van der Waals surface area contributed by atoms with Crippen molar-refractivity contribution in [2.75, 3.05) is 0 Å². The Morgan fingerprint density at radius 2 is 1.73 bits per heavy atom. The average Bonchev–Trinajstić information content (AvgIpc) is 3.09. The van der Waals surface area contributed by atoms with Crippen molar-refractivity contribution in [3.63, 3.8) is 0 Å². The minimum absolute atomic E-state index is 0.452. The molecule has 0 N–H and O–H groups in total. The van der Waals surface area contributed by atoms with E-state index in [4.69, 9.17) is 4.98 Å². The number of fused-ring (bicyclic) bond motifs is 1. The number of aromatic nitrogens is 4. The summed E-state index contributed by atoms with van der Waals surface area (Å²) in [5.41, 5.74) is 3.60. The second kappa shape index (κ2) is 5.95. The third-order valence-electron chi connectivity index (χ3n) is 4.66. The van der Waals surface area contributed by atoms with E-state index in [2.05, 4.69) is 54.8 Å². The molecule has 3 aromatic rings. The van der Waals surface area contributed by atoms with E-state index in [1.54, 1.807) is 0 Å². The fourth-order valence-electron chi connectivity index (χ4n) is 3.25. The summed E-state index contributed by atoms with van der Waals surface area (Å²) in [5.74, 6) is 2.15. The van der Waals surface area contributed by atoms with Crippen LogP contribution in [0.2, 0.25) is 0 Å². The Kier molecular flexibility index (Phi) is 4.01. The molecule has 0 saturated heterocycles. The first kappa shape index (κ1) is 14.8. The van der Waals surface area contributed by atoms with Crippen LogP contribution in [0.25, 0.3) is 11.0 Å². The lowest BCUT2D eigenvalue weighted by molar-refractivity contribution is 0.523. The number of hydrogen-bond donors (Lipinski definition) is 0. The van der Waals surface area contributed by atoms with Gasteiger partial charge in [-0.2, -0.15) is 5.10 Å². The van der Waals surface area contributed by atoms with E-state index in [0.29, 0.717) is 11.8 Å². The lowest BCUT2D eigenvalue weighted by Crippen LogP contribution is -2.07. The van der Waals surface area contributed by atoms with Gasteiger partial charge >= 0.3 is 0 Å². The summed E-state index contributed by atoms with van der Waals surface area (Å²) < 4.78 is 4.21. The van der Waals surface area contributed by atoms with Crippen molar-refractivity contribution in [2.45, 2.75) is 38.5 Å². The molecule has 4 nitrogen and oxygen atoms in total. The normalized spacial score (nSPS) is 14.4. The highest BCUT2D eigenvalue weighted by molar-refractivity contribution is 5.75. The number of para-hydroxylation sites is 2. The molecule has 22 heavy (non-hydrogen) atoms. The summed E-state index contributed by atoms with van der Waals surface area (Å²) in [5, 5.41) is 4.27. The van der Waals surface area contributed by atoms with Crippen molar-refractivity contribution >= 4 is 11.0 Å². The molecule has 0 saturated carbocycles. The van der Waals surface area contributed by atoms with Gasteiger partial charge in [-0.25, -0.2) is 4.98 Å². The van der Waals surface area contributed by atoms with Gasteiger partial charge in [0.15, 0.2) is 0 Å². The van der Waals surface area contributed by atoms with Crippen LogP contribution < -0.4 is 0 Å². The Balaban J connectivity index is 1.72. The summed E-state index contributed by atoms with van der Waals surface area (Å²) in [6.45, 7) is 4.55. The van der Waals surface area contributed by atoms with Crippen molar-refractivity contribution < 1.29 is 0 Å². The standard InChI is InChI=1S/C18H24N4/c1-13(16-11-12-19-22(16)4)9-10-14(2)18-20-15-7-5-6-8-17(15)21(18)3/h5-8,11-14H,9-10H2,1-4H3/t13?,14-/m0/s1. The van der Waals surface area contributed by atoms with Gasteiger partial charge in [-0.05, 0) is 37.0 Å². The van der Waals surface area contributed by atoms with Crippen LogP contribution in [-0.4, -0.2) is 19.3 Å². The first-order valence-corrected chi connectivity index (χ1v) is 7.97. The molecule has 4 heteroatoms. The number of benzene rings is 1. The first-order chi connectivity index (χ1) is 10.6. The Morgan fingerprint density at radius 3 is 2.41 bits per heavy atom. The molecule has 0 aliphatic heterocycles. The Hall–Kier alpha value is -2.10. The predicted octanol–water partition coefficient (Wildman–Crippen LogP) is 3.99. The zero-order valence-corrected chi connectivity index (χ0v) is 13.8. The van der Waals surface area contributed by atoms with Crippen LogP contribution in [0, 0.1) is 0 Å². The van der Waals surface area contributed by atoms with Gasteiger partial charge in [-0.3, -0.25) is 4.68 Å². The third-order valence-corrected chi connectivity index (χ3v) is 4.66. The van der Waals surface area contributed by atoms with Crippen LogP contribution in [-0.2, 0) is 14.1 Å². The quantitative estimate of drug-likeness (QED) is 0.713. The van der Waals surface area contributed by atoms with Gasteiger partial charge in [0.25, 0.3) is 0 Å². The van der Waals surface area contributed by atoms with Crippen LogP contribution in [0.3, 0.4) is 0 Å². The molecule has 0 spiro atoms. The van der Waals surface area contributed by atoms with E-state index < -0.39 is 0 Å². The zero-order chi connectivity index (χ0) is 15.7. The minimum Gasteiger partial charge on any atom is -0.331 e. The van der Waals surface area contributed by atoms with E-state index in [-0.39, 0.29) is 0 Å². The van der Waals surface area contributed by atoms with Crippen LogP contribution in [0.15, 0.2) is 36.5 Å². The number of hydrogen-bond acceptors (Lipinski definition) is 2. The topological polar surface area (TPSA) is 35.6 Å². The highest BCUT2D eigenvalue weighted by Crippen LogP contribution is 2.28. The maximum absolute atomic E-state index is 4.82. The van der Waals surface area contributed by atoms with E-state index in [9.17, 15) is 0 Å². The van der Waals surface area contributed by atoms with E-state index in [1.165, 1.54) is 17.0 Å². The number of nitrogens with zero attached hydrogens (tertiary/aromatic N) is 4. The van der Waals surface area contributed by atoms with Gasteiger partial charge in [0.1, 0.15) is 5.82 Å². The smallest absolute Gasteiger partial charge is 0.112 e. The van der Waals surface area contributed by atoms with Crippen molar-refractivity contribution in [2.24, 2.45) is 14.1 Å². The molecule has 0 radical (unpaired) electrons. The Bertz CT molecular complexity index is 768. The molecule has 1 unspecified atom stereocenters. The van der Waals surface area contributed by atoms with Gasteiger partial charge in [0.2, 0.25) is 0 Å². The Morgan fingerprint density at radius 1 is 1.00 bits per heavy atom. The van der Waals surface area contributed by atoms with Crippen LogP contribution in [0.1, 0.15) is 50.0 Å².